The number of quaternary nitrogens is 1. The number of anilines is 1. The highest BCUT2D eigenvalue weighted by Crippen LogP contribution is 2.33. The van der Waals surface area contributed by atoms with Crippen LogP contribution in [0.25, 0.3) is 0 Å². The number of amides is 2. The number of cyclic esters (lactones) is 1. The van der Waals surface area contributed by atoms with Gasteiger partial charge < -0.3 is 29.9 Å². The lowest BCUT2D eigenvalue weighted by Gasteiger charge is -2.27. The van der Waals surface area contributed by atoms with Crippen LogP contribution in [0.15, 0.2) is 24.4 Å². The van der Waals surface area contributed by atoms with Crippen molar-refractivity contribution in [2.24, 2.45) is 0 Å². The van der Waals surface area contributed by atoms with E-state index in [4.69, 9.17) is 14.6 Å². The van der Waals surface area contributed by atoms with E-state index in [0.29, 0.717) is 37.4 Å². The van der Waals surface area contributed by atoms with E-state index >= 15 is 4.39 Å². The minimum Gasteiger partial charge on any atom is -0.424 e. The first-order chi connectivity index (χ1) is 15.4. The molecule has 11 nitrogen and oxygen atoms in total. The van der Waals surface area contributed by atoms with Crippen LogP contribution in [0.2, 0.25) is 0 Å². The van der Waals surface area contributed by atoms with Crippen LogP contribution in [0.5, 0.6) is 5.88 Å². The number of nitrogens with zero attached hydrogens (tertiary/aromatic N) is 4. The second-order valence-corrected chi connectivity index (χ2v) is 8.16. The summed E-state index contributed by atoms with van der Waals surface area (Å²) in [6, 6.07) is 4.27. The largest absolute Gasteiger partial charge is 0.524 e. The molecular weight excluding hydrogens is 445 g/mol. The van der Waals surface area contributed by atoms with Crippen LogP contribution in [0.1, 0.15) is 6.42 Å². The Kier molecular flexibility index (Phi) is 6.50. The van der Waals surface area contributed by atoms with Gasteiger partial charge in [-0.2, -0.15) is 13.7 Å². The average Bonchev–Trinajstić information content (AvgIpc) is 3.54. The highest BCUT2D eigenvalue weighted by Gasteiger charge is 2.48. The third-order valence-electron chi connectivity index (χ3n) is 5.60. The number of carbonyl (C=O) groups excluding carboxylic acids is 2. The quantitative estimate of drug-likeness (QED) is 0.465. The number of carbonyl (C=O) groups is 2. The van der Waals surface area contributed by atoms with Crippen LogP contribution in [-0.4, -0.2) is 82.7 Å². The van der Waals surface area contributed by atoms with Crippen molar-refractivity contribution in [3.05, 3.63) is 30.2 Å². The van der Waals surface area contributed by atoms with Crippen molar-refractivity contribution in [3.63, 3.8) is 0 Å². The highest BCUT2D eigenvalue weighted by molar-refractivity contribution is 6.99. The van der Waals surface area contributed by atoms with Gasteiger partial charge >= 0.3 is 6.09 Å². The van der Waals surface area contributed by atoms with E-state index in [1.54, 1.807) is 17.0 Å². The number of aliphatic hydroxyl groups excluding tert-OH is 2. The maximum atomic E-state index is 15.1. The van der Waals surface area contributed by atoms with Gasteiger partial charge in [-0.25, -0.2) is 4.39 Å². The van der Waals surface area contributed by atoms with Gasteiger partial charge in [0.15, 0.2) is 11.9 Å². The molecular formula is C19H23FN5O6S+. The Labute approximate surface area is 186 Å². The first kappa shape index (κ1) is 22.3. The van der Waals surface area contributed by atoms with Crippen molar-refractivity contribution < 1.29 is 33.7 Å². The van der Waals surface area contributed by atoms with Crippen LogP contribution in [0, 0.1) is 5.82 Å². The van der Waals surface area contributed by atoms with Crippen molar-refractivity contribution in [2.45, 2.75) is 18.6 Å². The molecule has 4 rings (SSSR count). The Hall–Kier alpha value is -2.87. The summed E-state index contributed by atoms with van der Waals surface area (Å²) in [5.41, 5.74) is 0.732. The second kappa shape index (κ2) is 9.32. The number of nitrogens with one attached hydrogen (secondary N) is 1. The molecule has 0 saturated carbocycles. The van der Waals surface area contributed by atoms with Gasteiger partial charge in [-0.1, -0.05) is 0 Å². The van der Waals surface area contributed by atoms with Gasteiger partial charge in [-0.3, -0.25) is 4.79 Å². The van der Waals surface area contributed by atoms with Gasteiger partial charge in [-0.15, -0.1) is 4.37 Å². The summed E-state index contributed by atoms with van der Waals surface area (Å²) in [5.74, 6) is -0.900. The number of rotatable bonds is 8. The lowest BCUT2D eigenvalue weighted by atomic mass is 10.2. The lowest BCUT2D eigenvalue weighted by Crippen LogP contribution is -2.52. The van der Waals surface area contributed by atoms with E-state index in [2.05, 4.69) is 14.1 Å². The van der Waals surface area contributed by atoms with Gasteiger partial charge in [0.05, 0.1) is 24.0 Å². The number of ether oxygens (including phenoxy) is 2. The second-order valence-electron chi connectivity index (χ2n) is 7.60. The third kappa shape index (κ3) is 4.37. The minimum absolute atomic E-state index is 0.103. The first-order valence-electron chi connectivity index (χ1n) is 10.0. The molecule has 0 spiro atoms. The molecule has 2 aliphatic heterocycles. The van der Waals surface area contributed by atoms with E-state index in [9.17, 15) is 14.7 Å². The Morgan fingerprint density at radius 1 is 1.50 bits per heavy atom. The fraction of sp³-hybridized carbons (Fsp3) is 0.474. The number of benzene rings is 1. The Balaban J connectivity index is 1.48. The molecule has 0 aliphatic carbocycles. The van der Waals surface area contributed by atoms with Crippen molar-refractivity contribution in [2.75, 3.05) is 44.5 Å². The Bertz CT molecular complexity index is 979. The van der Waals surface area contributed by atoms with Gasteiger partial charge in [-0.05, 0) is 12.5 Å². The molecule has 32 heavy (non-hydrogen) atoms. The molecule has 13 heteroatoms. The van der Waals surface area contributed by atoms with E-state index in [0.717, 1.165) is 11.7 Å². The predicted molar refractivity (Wildman–Crippen MR) is 112 cm³/mol. The van der Waals surface area contributed by atoms with Gasteiger partial charge in [0, 0.05) is 31.3 Å². The van der Waals surface area contributed by atoms with Gasteiger partial charge in [0.25, 0.3) is 5.91 Å². The molecule has 0 radical (unpaired) electrons. The molecule has 3 heterocycles. The number of hydrogen-bond donors (Lipinski definition) is 3. The molecule has 2 aliphatic rings. The zero-order chi connectivity index (χ0) is 22.7. The van der Waals surface area contributed by atoms with Crippen LogP contribution in [-0.2, 0) is 9.53 Å². The molecule has 1 aromatic carbocycles. The molecule has 2 saturated heterocycles. The molecule has 1 aromatic heterocycles. The van der Waals surface area contributed by atoms with Crippen molar-refractivity contribution >= 4 is 35.1 Å². The highest BCUT2D eigenvalue weighted by atomic mass is 32.1. The van der Waals surface area contributed by atoms with Crippen molar-refractivity contribution in [1.29, 1.82) is 0 Å². The van der Waals surface area contributed by atoms with Crippen molar-refractivity contribution in [1.82, 2.24) is 18.5 Å². The summed E-state index contributed by atoms with van der Waals surface area (Å²) in [6.07, 6.45) is -0.0180. The maximum Gasteiger partial charge on any atom is 0.524 e. The predicted octanol–water partition coefficient (Wildman–Crippen LogP) is 0.219. The number of hydrogen-bond acceptors (Lipinski definition) is 10. The fourth-order valence-electron chi connectivity index (χ4n) is 3.82. The Morgan fingerprint density at radius 2 is 2.34 bits per heavy atom. The molecule has 3 atom stereocenters. The van der Waals surface area contributed by atoms with E-state index in [-0.39, 0.29) is 29.7 Å². The number of aromatic nitrogens is 2. The first-order valence-corrected chi connectivity index (χ1v) is 10.7. The molecule has 1 unspecified atom stereocenters. The fourth-order valence-corrected chi connectivity index (χ4v) is 4.19. The van der Waals surface area contributed by atoms with Crippen molar-refractivity contribution in [3.8, 4) is 5.88 Å². The molecule has 2 fully saturated rings. The van der Waals surface area contributed by atoms with Crippen LogP contribution >= 0.6 is 11.7 Å². The van der Waals surface area contributed by atoms with Crippen LogP contribution in [0.3, 0.4) is 0 Å². The molecule has 2 amide bonds. The van der Waals surface area contributed by atoms with Crippen LogP contribution in [0.4, 0.5) is 20.6 Å². The zero-order valence-electron chi connectivity index (χ0n) is 17.0. The zero-order valence-corrected chi connectivity index (χ0v) is 17.8. The van der Waals surface area contributed by atoms with Gasteiger partial charge in [0.2, 0.25) is 12.6 Å². The van der Waals surface area contributed by atoms with E-state index < -0.39 is 30.5 Å². The summed E-state index contributed by atoms with van der Waals surface area (Å²) in [4.78, 5) is 26.1. The standard InChI is InChI=1S/C19H22FN5O6S/c20-14-7-13(25(5-6-30-19(25)29)11-31-17-8-21-32-23-17)1-2-15(14)24-4-3-12(9-24)22-18(28)16(27)10-26/h1-2,7-8,12,16,26-27H,3-6,9-11H2/p+1/t12-,16-,25?/m0/s1. The molecule has 172 valence electrons. The SMILES string of the molecule is O=C(N[C@H]1CCN(c2ccc([N+]3(COc4cnsn4)CCOC3=O)cc2F)C1)[C@@H](O)CO. The molecule has 0 bridgehead atoms. The summed E-state index contributed by atoms with van der Waals surface area (Å²) < 4.78 is 33.4. The average molecular weight is 468 g/mol. The summed E-state index contributed by atoms with van der Waals surface area (Å²) in [7, 11) is 0. The third-order valence-corrected chi connectivity index (χ3v) is 6.06. The monoisotopic (exact) mass is 468 g/mol. The normalized spacial score (nSPS) is 23.8. The molecule has 2 aromatic rings. The number of halogens is 1. The number of aliphatic hydroxyl groups is 2. The Morgan fingerprint density at radius 3 is 3.00 bits per heavy atom. The summed E-state index contributed by atoms with van der Waals surface area (Å²) in [6.45, 7) is 0.562. The van der Waals surface area contributed by atoms with E-state index in [1.165, 1.54) is 12.3 Å². The smallest absolute Gasteiger partial charge is 0.424 e. The topological polar surface area (TPSA) is 134 Å². The summed E-state index contributed by atoms with van der Waals surface area (Å²) in [5, 5.41) is 20.9. The maximum absolute atomic E-state index is 15.1. The molecule has 3 N–H and O–H groups in total. The van der Waals surface area contributed by atoms with Crippen LogP contribution < -0.4 is 19.4 Å². The summed E-state index contributed by atoms with van der Waals surface area (Å²) >= 11 is 0.976. The van der Waals surface area contributed by atoms with E-state index in [1.807, 2.05) is 0 Å². The lowest BCUT2D eigenvalue weighted by molar-refractivity contribution is -0.131. The minimum atomic E-state index is -1.48. The van der Waals surface area contributed by atoms with Gasteiger partial charge in [0.1, 0.15) is 25.0 Å².